The quantitative estimate of drug-likeness (QED) is 0.564. The van der Waals surface area contributed by atoms with Gasteiger partial charge in [-0.1, -0.05) is 35.0 Å². The lowest BCUT2D eigenvalue weighted by molar-refractivity contribution is -0.154. The van der Waals surface area contributed by atoms with Crippen LogP contribution in [-0.4, -0.2) is 33.1 Å². The number of hydrogen-bond donors (Lipinski definition) is 1. The van der Waals surface area contributed by atoms with Crippen molar-refractivity contribution in [3.05, 3.63) is 65.1 Å². The summed E-state index contributed by atoms with van der Waals surface area (Å²) in [6.45, 7) is 1.83. The van der Waals surface area contributed by atoms with Gasteiger partial charge in [0.05, 0.1) is 6.42 Å². The SMILES string of the molecule is CC(OC(=O)CCc1nc(-c2ccccn2)no1)C(=O)NCc1ccc(Cl)cc1. The first kappa shape index (κ1) is 20.5. The van der Waals surface area contributed by atoms with Gasteiger partial charge in [0.15, 0.2) is 6.10 Å². The summed E-state index contributed by atoms with van der Waals surface area (Å²) in [6.07, 6.45) is 0.931. The highest BCUT2D eigenvalue weighted by Crippen LogP contribution is 2.13. The molecule has 1 N–H and O–H groups in total. The van der Waals surface area contributed by atoms with Gasteiger partial charge in [-0.2, -0.15) is 4.98 Å². The molecule has 8 nitrogen and oxygen atoms in total. The van der Waals surface area contributed by atoms with Crippen LogP contribution in [-0.2, 0) is 27.3 Å². The number of nitrogens with one attached hydrogen (secondary N) is 1. The summed E-state index contributed by atoms with van der Waals surface area (Å²) in [4.78, 5) is 32.4. The van der Waals surface area contributed by atoms with Gasteiger partial charge in [0.1, 0.15) is 5.69 Å². The van der Waals surface area contributed by atoms with Crippen molar-refractivity contribution in [2.75, 3.05) is 0 Å². The Balaban J connectivity index is 1.42. The maximum absolute atomic E-state index is 12.1. The van der Waals surface area contributed by atoms with E-state index in [1.165, 1.54) is 6.92 Å². The second-order valence-corrected chi connectivity index (χ2v) is 6.64. The van der Waals surface area contributed by atoms with Gasteiger partial charge in [-0.25, -0.2) is 0 Å². The van der Waals surface area contributed by atoms with Crippen LogP contribution in [0.3, 0.4) is 0 Å². The average Bonchev–Trinajstić information content (AvgIpc) is 3.21. The Labute approximate surface area is 172 Å². The number of halogens is 1. The van der Waals surface area contributed by atoms with E-state index < -0.39 is 12.1 Å². The van der Waals surface area contributed by atoms with Crippen LogP contribution in [0.2, 0.25) is 5.02 Å². The molecule has 3 aromatic rings. The molecular weight excluding hydrogens is 396 g/mol. The smallest absolute Gasteiger partial charge is 0.307 e. The zero-order valence-corrected chi connectivity index (χ0v) is 16.4. The third-order valence-electron chi connectivity index (χ3n) is 3.96. The van der Waals surface area contributed by atoms with Gasteiger partial charge < -0.3 is 14.6 Å². The van der Waals surface area contributed by atoms with E-state index in [0.717, 1.165) is 5.56 Å². The minimum Gasteiger partial charge on any atom is -0.453 e. The summed E-state index contributed by atoms with van der Waals surface area (Å²) < 4.78 is 10.3. The molecule has 2 aromatic heterocycles. The van der Waals surface area contributed by atoms with Gasteiger partial charge in [-0.05, 0) is 36.8 Å². The Morgan fingerprint density at radius 1 is 1.21 bits per heavy atom. The van der Waals surface area contributed by atoms with Crippen molar-refractivity contribution in [3.63, 3.8) is 0 Å². The molecule has 150 valence electrons. The van der Waals surface area contributed by atoms with Gasteiger partial charge in [0.25, 0.3) is 5.91 Å². The normalized spacial score (nSPS) is 11.7. The van der Waals surface area contributed by atoms with Crippen molar-refractivity contribution in [2.24, 2.45) is 0 Å². The summed E-state index contributed by atoms with van der Waals surface area (Å²) in [7, 11) is 0. The predicted molar refractivity (Wildman–Crippen MR) is 105 cm³/mol. The van der Waals surface area contributed by atoms with Crippen molar-refractivity contribution in [1.29, 1.82) is 0 Å². The van der Waals surface area contributed by atoms with Gasteiger partial charge in [0, 0.05) is 24.2 Å². The third-order valence-corrected chi connectivity index (χ3v) is 4.21. The number of hydrogen-bond acceptors (Lipinski definition) is 7. The first-order valence-corrected chi connectivity index (χ1v) is 9.34. The lowest BCUT2D eigenvalue weighted by Gasteiger charge is -2.13. The predicted octanol–water partition coefficient (Wildman–Crippen LogP) is 2.97. The Kier molecular flexibility index (Phi) is 6.91. The fraction of sp³-hybridized carbons (Fsp3) is 0.250. The van der Waals surface area contributed by atoms with Gasteiger partial charge >= 0.3 is 5.97 Å². The van der Waals surface area contributed by atoms with Crippen molar-refractivity contribution >= 4 is 23.5 Å². The van der Waals surface area contributed by atoms with Crippen LogP contribution in [0, 0.1) is 0 Å². The zero-order valence-electron chi connectivity index (χ0n) is 15.7. The first-order chi connectivity index (χ1) is 14.0. The number of carbonyl (C=O) groups excluding carboxylic acids is 2. The van der Waals surface area contributed by atoms with Crippen LogP contribution >= 0.6 is 11.6 Å². The number of pyridine rings is 1. The lowest BCUT2D eigenvalue weighted by atomic mass is 10.2. The minimum atomic E-state index is -0.915. The van der Waals surface area contributed by atoms with Crippen molar-refractivity contribution < 1.29 is 18.8 Å². The van der Waals surface area contributed by atoms with E-state index >= 15 is 0 Å². The molecule has 0 aliphatic rings. The van der Waals surface area contributed by atoms with E-state index in [1.54, 1.807) is 30.5 Å². The summed E-state index contributed by atoms with van der Waals surface area (Å²) in [5.74, 6) is -0.272. The van der Waals surface area contributed by atoms with E-state index in [1.807, 2.05) is 18.2 Å². The Hall–Kier alpha value is -3.26. The van der Waals surface area contributed by atoms with Gasteiger partial charge in [-0.3, -0.25) is 14.6 Å². The molecular formula is C20H19ClN4O4. The number of amides is 1. The highest BCUT2D eigenvalue weighted by Gasteiger charge is 2.18. The molecule has 0 aliphatic carbocycles. The molecule has 0 fully saturated rings. The summed E-state index contributed by atoms with van der Waals surface area (Å²) in [5.41, 5.74) is 1.47. The highest BCUT2D eigenvalue weighted by atomic mass is 35.5. The second-order valence-electron chi connectivity index (χ2n) is 6.20. The molecule has 29 heavy (non-hydrogen) atoms. The molecule has 0 saturated carbocycles. The number of nitrogens with zero attached hydrogens (tertiary/aromatic N) is 3. The fourth-order valence-corrected chi connectivity index (χ4v) is 2.54. The Morgan fingerprint density at radius 3 is 2.72 bits per heavy atom. The molecule has 0 aliphatic heterocycles. The highest BCUT2D eigenvalue weighted by molar-refractivity contribution is 6.30. The van der Waals surface area contributed by atoms with Gasteiger partial charge in [0.2, 0.25) is 11.7 Å². The minimum absolute atomic E-state index is 0.0126. The standard InChI is InChI=1S/C20H19ClN4O4/c1-13(20(27)23-12-14-5-7-15(21)8-6-14)28-18(26)10-9-17-24-19(25-29-17)16-4-2-3-11-22-16/h2-8,11,13H,9-10,12H2,1H3,(H,23,27). The topological polar surface area (TPSA) is 107 Å². The third kappa shape index (κ3) is 6.11. The second kappa shape index (κ2) is 9.79. The molecule has 2 heterocycles. The number of carbonyl (C=O) groups is 2. The summed E-state index contributed by atoms with van der Waals surface area (Å²) in [5, 5.41) is 7.17. The van der Waals surface area contributed by atoms with Crippen LogP contribution in [0.5, 0.6) is 0 Å². The van der Waals surface area contributed by atoms with Crippen LogP contribution in [0.1, 0.15) is 24.8 Å². The molecule has 1 atom stereocenters. The van der Waals surface area contributed by atoms with E-state index in [4.69, 9.17) is 20.9 Å². The largest absolute Gasteiger partial charge is 0.453 e. The molecule has 9 heteroatoms. The number of ether oxygens (including phenoxy) is 1. The molecule has 0 saturated heterocycles. The maximum Gasteiger partial charge on any atom is 0.307 e. The van der Waals surface area contributed by atoms with Gasteiger partial charge in [-0.15, -0.1) is 0 Å². The molecule has 1 amide bonds. The monoisotopic (exact) mass is 414 g/mol. The molecule has 0 radical (unpaired) electrons. The van der Waals surface area contributed by atoms with Crippen molar-refractivity contribution in [3.8, 4) is 11.5 Å². The lowest BCUT2D eigenvalue weighted by Crippen LogP contribution is -2.35. The molecule has 1 unspecified atom stereocenters. The van der Waals surface area contributed by atoms with Crippen LogP contribution in [0.15, 0.2) is 53.2 Å². The molecule has 1 aromatic carbocycles. The molecule has 3 rings (SSSR count). The summed E-state index contributed by atoms with van der Waals surface area (Å²) >= 11 is 5.83. The number of aromatic nitrogens is 3. The average molecular weight is 415 g/mol. The Bertz CT molecular complexity index is 960. The Morgan fingerprint density at radius 2 is 2.00 bits per heavy atom. The van der Waals surface area contributed by atoms with E-state index in [9.17, 15) is 9.59 Å². The first-order valence-electron chi connectivity index (χ1n) is 8.97. The van der Waals surface area contributed by atoms with Crippen molar-refractivity contribution in [2.45, 2.75) is 32.4 Å². The van der Waals surface area contributed by atoms with Crippen LogP contribution in [0.25, 0.3) is 11.5 Å². The van der Waals surface area contributed by atoms with Crippen LogP contribution in [0.4, 0.5) is 0 Å². The summed E-state index contributed by atoms with van der Waals surface area (Å²) in [6, 6.07) is 12.5. The molecule has 0 bridgehead atoms. The zero-order chi connectivity index (χ0) is 20.6. The molecule has 0 spiro atoms. The van der Waals surface area contributed by atoms with E-state index in [0.29, 0.717) is 29.0 Å². The fourth-order valence-electron chi connectivity index (χ4n) is 2.41. The number of esters is 1. The number of aryl methyl sites for hydroxylation is 1. The van der Waals surface area contributed by atoms with E-state index in [-0.39, 0.29) is 18.7 Å². The maximum atomic E-state index is 12.1. The van der Waals surface area contributed by atoms with Crippen LogP contribution < -0.4 is 5.32 Å². The van der Waals surface area contributed by atoms with Crippen molar-refractivity contribution in [1.82, 2.24) is 20.4 Å². The number of rotatable bonds is 8. The number of benzene rings is 1. The van der Waals surface area contributed by atoms with E-state index in [2.05, 4.69) is 20.4 Å².